The highest BCUT2D eigenvalue weighted by molar-refractivity contribution is 7.89. The molecule has 0 radical (unpaired) electrons. The van der Waals surface area contributed by atoms with Crippen molar-refractivity contribution >= 4 is 33.2 Å². The molecule has 13 nitrogen and oxygen atoms in total. The molecule has 0 saturated heterocycles. The predicted octanol–water partition coefficient (Wildman–Crippen LogP) is 0.825. The summed E-state index contributed by atoms with van der Waals surface area (Å²) in [5.74, 6) is -2.09. The quantitative estimate of drug-likeness (QED) is 0.188. The van der Waals surface area contributed by atoms with Gasteiger partial charge in [0.2, 0.25) is 15.8 Å². The number of nitrogens with one attached hydrogen (secondary N) is 1. The predicted molar refractivity (Wildman–Crippen MR) is 171 cm³/mol. The van der Waals surface area contributed by atoms with Crippen LogP contribution in [-0.2, 0) is 26.0 Å². The second-order valence-corrected chi connectivity index (χ2v) is 14.2. The Hall–Kier alpha value is -4.68. The summed E-state index contributed by atoms with van der Waals surface area (Å²) in [6.45, 7) is 1.52. The number of primary amides is 1. The number of aromatic hydroxyl groups is 1. The number of sulfonamides is 1. The van der Waals surface area contributed by atoms with Gasteiger partial charge in [-0.2, -0.15) is 4.72 Å². The zero-order valence-corrected chi connectivity index (χ0v) is 27.3. The van der Waals surface area contributed by atoms with Crippen LogP contribution >= 0.6 is 0 Å². The van der Waals surface area contributed by atoms with E-state index < -0.39 is 73.8 Å². The lowest BCUT2D eigenvalue weighted by molar-refractivity contribution is -0.148. The molecule has 2 aromatic carbocycles. The van der Waals surface area contributed by atoms with Crippen LogP contribution in [0.2, 0.25) is 0 Å². The summed E-state index contributed by atoms with van der Waals surface area (Å²) < 4.78 is 27.7. The van der Waals surface area contributed by atoms with Gasteiger partial charge in [-0.25, -0.2) is 8.42 Å². The van der Waals surface area contributed by atoms with E-state index in [0.717, 1.165) is 5.56 Å². The first kappa shape index (κ1) is 33.7. The Labute approximate surface area is 272 Å². The summed E-state index contributed by atoms with van der Waals surface area (Å²) in [4.78, 5) is 43.1. The minimum Gasteiger partial charge on any atom is -0.510 e. The topological polar surface area (TPSA) is 211 Å². The summed E-state index contributed by atoms with van der Waals surface area (Å²) in [6, 6.07) is 6.73. The number of rotatable bonds is 6. The van der Waals surface area contributed by atoms with Crippen molar-refractivity contribution in [1.82, 2.24) is 9.62 Å². The lowest BCUT2D eigenvalue weighted by atomic mass is 9.58. The van der Waals surface area contributed by atoms with Crippen LogP contribution in [0.25, 0.3) is 0 Å². The van der Waals surface area contributed by atoms with Crippen molar-refractivity contribution < 1.29 is 43.2 Å². The highest BCUT2D eigenvalue weighted by Gasteiger charge is 2.63. The number of hydrogen-bond donors (Lipinski definition) is 6. The minimum atomic E-state index is -3.86. The Morgan fingerprint density at radius 1 is 1.11 bits per heavy atom. The molecule has 1 unspecified atom stereocenters. The molecule has 7 N–H and O–H groups in total. The number of aliphatic hydroxyl groups excluding tert-OH is 2. The van der Waals surface area contributed by atoms with Gasteiger partial charge in [-0.3, -0.25) is 19.3 Å². The Morgan fingerprint density at radius 2 is 1.74 bits per heavy atom. The number of phenolic OH excluding ortho intramolecular Hbond substituents is 1. The number of aliphatic hydroxyl groups is 3. The lowest BCUT2D eigenvalue weighted by Gasteiger charge is -2.50. The number of Topliss-reactive ketones (excluding diaryl/α,β-unsaturated/α-hetero) is 2. The third kappa shape index (κ3) is 5.35. The molecular weight excluding hydrogens is 628 g/mol. The van der Waals surface area contributed by atoms with Crippen LogP contribution in [0.4, 0.5) is 5.69 Å². The SMILES string of the molecule is Cc1ccc(S(=O)(=O)NCC#Cc2cc(N(C)C)c3c(c2O)C(=O)C2=C(O)[C@@]4(O)C(=O)C(C(N)=O)=C(O)C(N(C)C)[C@@H]4C[C@H]2C3)cc1. The van der Waals surface area contributed by atoms with Gasteiger partial charge in [-0.1, -0.05) is 29.5 Å². The summed E-state index contributed by atoms with van der Waals surface area (Å²) in [5.41, 5.74) is 3.14. The number of ketones is 2. The van der Waals surface area contributed by atoms with Crippen LogP contribution in [-0.4, -0.2) is 97.6 Å². The van der Waals surface area contributed by atoms with Gasteiger partial charge in [-0.05, 0) is 63.5 Å². The molecule has 0 heterocycles. The Bertz CT molecular complexity index is 1950. The van der Waals surface area contributed by atoms with Gasteiger partial charge in [0.1, 0.15) is 22.8 Å². The summed E-state index contributed by atoms with van der Waals surface area (Å²) in [5, 5.41) is 45.6. The van der Waals surface area contributed by atoms with E-state index >= 15 is 0 Å². The number of likely N-dealkylation sites (N-methyl/N-ethyl adjacent to an activating group) is 1. The van der Waals surface area contributed by atoms with E-state index in [0.29, 0.717) is 11.3 Å². The first-order chi connectivity index (χ1) is 21.9. The number of phenols is 1. The average molecular weight is 665 g/mol. The first-order valence-corrected chi connectivity index (χ1v) is 16.2. The van der Waals surface area contributed by atoms with Gasteiger partial charge >= 0.3 is 0 Å². The van der Waals surface area contributed by atoms with E-state index in [1.165, 1.54) is 17.0 Å². The molecule has 0 bridgehead atoms. The maximum atomic E-state index is 14.1. The molecule has 1 amide bonds. The average Bonchev–Trinajstić information content (AvgIpc) is 2.97. The van der Waals surface area contributed by atoms with Crippen molar-refractivity contribution in [3.05, 3.63) is 75.3 Å². The summed E-state index contributed by atoms with van der Waals surface area (Å²) in [7, 11) is 2.71. The molecule has 0 spiro atoms. The fourth-order valence-corrected chi connectivity index (χ4v) is 7.79. The van der Waals surface area contributed by atoms with E-state index in [4.69, 9.17) is 5.73 Å². The van der Waals surface area contributed by atoms with Crippen molar-refractivity contribution in [2.45, 2.75) is 36.3 Å². The number of anilines is 1. The molecule has 47 heavy (non-hydrogen) atoms. The smallest absolute Gasteiger partial charge is 0.255 e. The molecule has 0 saturated carbocycles. The van der Waals surface area contributed by atoms with E-state index in [9.17, 15) is 43.2 Å². The lowest BCUT2D eigenvalue weighted by Crippen LogP contribution is -2.63. The van der Waals surface area contributed by atoms with E-state index in [-0.39, 0.29) is 41.0 Å². The van der Waals surface area contributed by atoms with Crippen LogP contribution in [0.3, 0.4) is 0 Å². The molecule has 5 rings (SSSR count). The van der Waals surface area contributed by atoms with Crippen molar-refractivity contribution in [1.29, 1.82) is 0 Å². The first-order valence-electron chi connectivity index (χ1n) is 14.7. The van der Waals surface area contributed by atoms with E-state index in [2.05, 4.69) is 16.6 Å². The number of allylic oxidation sites excluding steroid dienone is 1. The van der Waals surface area contributed by atoms with Gasteiger partial charge in [0.25, 0.3) is 5.91 Å². The van der Waals surface area contributed by atoms with Gasteiger partial charge in [0.05, 0.1) is 28.6 Å². The molecule has 248 valence electrons. The number of fused-ring (bicyclic) bond motifs is 3. The van der Waals surface area contributed by atoms with Crippen LogP contribution in [0.1, 0.15) is 33.5 Å². The number of benzene rings is 2. The van der Waals surface area contributed by atoms with Gasteiger partial charge in [-0.15, -0.1) is 0 Å². The summed E-state index contributed by atoms with van der Waals surface area (Å²) in [6.07, 6.45) is 0.0712. The molecule has 0 aliphatic heterocycles. The highest BCUT2D eigenvalue weighted by atomic mass is 32.2. The molecule has 0 fully saturated rings. The highest BCUT2D eigenvalue weighted by Crippen LogP contribution is 2.53. The van der Waals surface area contributed by atoms with Gasteiger partial charge < -0.3 is 31.1 Å². The monoisotopic (exact) mass is 664 g/mol. The fourth-order valence-electron chi connectivity index (χ4n) is 6.86. The summed E-state index contributed by atoms with van der Waals surface area (Å²) >= 11 is 0. The number of carbonyl (C=O) groups is 3. The van der Waals surface area contributed by atoms with Crippen molar-refractivity contribution in [2.24, 2.45) is 17.6 Å². The molecule has 3 aliphatic rings. The van der Waals surface area contributed by atoms with Crippen LogP contribution in [0, 0.1) is 30.6 Å². The maximum absolute atomic E-state index is 14.1. The number of nitrogens with two attached hydrogens (primary N) is 1. The van der Waals surface area contributed by atoms with Crippen LogP contribution < -0.4 is 15.4 Å². The largest absolute Gasteiger partial charge is 0.510 e. The normalized spacial score (nSPS) is 23.9. The number of nitrogens with zero attached hydrogens (tertiary/aromatic N) is 2. The Balaban J connectivity index is 1.57. The van der Waals surface area contributed by atoms with Crippen molar-refractivity contribution in [3.8, 4) is 17.6 Å². The maximum Gasteiger partial charge on any atom is 0.255 e. The van der Waals surface area contributed by atoms with E-state index in [1.54, 1.807) is 51.3 Å². The standard InChI is InChI=1S/C33H36N4O9S/c1-16-8-10-19(11-9-16)47(45,46)35-12-6-7-17-15-22(36(2)3)20-13-18-14-21-26(37(4)5)29(40)25(32(34)43)31(42)33(21,44)30(41)23(18)28(39)24(20)27(17)38/h8-11,15,18,21,26,35,38,40-41,44H,12-14H2,1-5H3,(H2,34,43)/t18-,21+,26?,33-/m1/s1. The Kier molecular flexibility index (Phi) is 8.48. The number of hydrogen-bond acceptors (Lipinski definition) is 11. The van der Waals surface area contributed by atoms with Gasteiger partial charge in [0, 0.05) is 31.3 Å². The van der Waals surface area contributed by atoms with Crippen LogP contribution in [0.5, 0.6) is 5.75 Å². The Morgan fingerprint density at radius 3 is 2.32 bits per heavy atom. The van der Waals surface area contributed by atoms with Crippen molar-refractivity contribution in [3.63, 3.8) is 0 Å². The fraction of sp³-hybridized carbons (Fsp3) is 0.364. The zero-order valence-electron chi connectivity index (χ0n) is 26.5. The molecular formula is C33H36N4O9S. The molecule has 0 aromatic heterocycles. The van der Waals surface area contributed by atoms with Crippen LogP contribution in [0.15, 0.2) is 57.9 Å². The molecule has 2 aromatic rings. The second-order valence-electron chi connectivity index (χ2n) is 12.4. The number of carbonyl (C=O) groups excluding carboxylic acids is 3. The third-order valence-corrected chi connectivity index (χ3v) is 10.5. The third-order valence-electron chi connectivity index (χ3n) is 9.09. The second kappa shape index (κ2) is 11.8. The zero-order chi connectivity index (χ0) is 34.7. The van der Waals surface area contributed by atoms with Crippen molar-refractivity contribution in [2.75, 3.05) is 39.6 Å². The number of amides is 1. The number of aryl methyl sites for hydroxylation is 1. The molecule has 14 heteroatoms. The van der Waals surface area contributed by atoms with E-state index in [1.807, 2.05) is 6.92 Å². The molecule has 4 atom stereocenters. The molecule has 3 aliphatic carbocycles. The van der Waals surface area contributed by atoms with Gasteiger partial charge in [0.15, 0.2) is 11.4 Å². The minimum absolute atomic E-state index is 0.00607.